The van der Waals surface area contributed by atoms with Crippen LogP contribution in [0.25, 0.3) is 0 Å². The highest BCUT2D eigenvalue weighted by Gasteiger charge is 2.26. The van der Waals surface area contributed by atoms with Crippen LogP contribution in [0, 0.1) is 5.82 Å². The number of guanidine groups is 1. The van der Waals surface area contributed by atoms with E-state index in [-0.39, 0.29) is 41.3 Å². The van der Waals surface area contributed by atoms with Gasteiger partial charge in [0.1, 0.15) is 0 Å². The first-order valence-corrected chi connectivity index (χ1v) is 10.5. The molecule has 0 radical (unpaired) electrons. The molecule has 160 valence electrons. The Morgan fingerprint density at radius 1 is 1.41 bits per heavy atom. The van der Waals surface area contributed by atoms with E-state index in [1.54, 1.807) is 30.6 Å². The summed E-state index contributed by atoms with van der Waals surface area (Å²) in [5.41, 5.74) is 1.23. The SMILES string of the molecule is CN=C(NCCc1nc(C(C)(C)C)cs1)NC1CCN(c2ncccc2F)C1.I. The maximum atomic E-state index is 13.9. The van der Waals surface area contributed by atoms with E-state index in [0.717, 1.165) is 42.6 Å². The lowest BCUT2D eigenvalue weighted by Crippen LogP contribution is -2.45. The van der Waals surface area contributed by atoms with Crippen LogP contribution in [-0.4, -0.2) is 48.7 Å². The Morgan fingerprint density at radius 3 is 2.86 bits per heavy atom. The molecule has 1 fully saturated rings. The monoisotopic (exact) mass is 532 g/mol. The summed E-state index contributed by atoms with van der Waals surface area (Å²) in [7, 11) is 1.77. The molecule has 0 aliphatic carbocycles. The lowest BCUT2D eigenvalue weighted by molar-refractivity contribution is 0.570. The van der Waals surface area contributed by atoms with Gasteiger partial charge in [-0.2, -0.15) is 0 Å². The van der Waals surface area contributed by atoms with E-state index in [1.165, 1.54) is 6.07 Å². The van der Waals surface area contributed by atoms with Crippen molar-refractivity contribution in [2.45, 2.75) is 45.1 Å². The van der Waals surface area contributed by atoms with Gasteiger partial charge < -0.3 is 15.5 Å². The van der Waals surface area contributed by atoms with Gasteiger partial charge in [0.05, 0.1) is 10.7 Å². The van der Waals surface area contributed by atoms with Gasteiger partial charge in [-0.15, -0.1) is 35.3 Å². The average molecular weight is 532 g/mol. The molecule has 2 aromatic heterocycles. The molecule has 9 heteroatoms. The van der Waals surface area contributed by atoms with Gasteiger partial charge in [-0.05, 0) is 18.6 Å². The molecule has 0 aromatic carbocycles. The van der Waals surface area contributed by atoms with E-state index in [1.807, 2.05) is 4.90 Å². The molecule has 1 aliphatic heterocycles. The van der Waals surface area contributed by atoms with Crippen molar-refractivity contribution in [2.24, 2.45) is 4.99 Å². The van der Waals surface area contributed by atoms with Gasteiger partial charge in [0.25, 0.3) is 0 Å². The summed E-state index contributed by atoms with van der Waals surface area (Å²) in [6.45, 7) is 8.78. The Bertz CT molecular complexity index is 819. The highest BCUT2D eigenvalue weighted by Crippen LogP contribution is 2.24. The van der Waals surface area contributed by atoms with Crippen LogP contribution in [0.15, 0.2) is 28.7 Å². The van der Waals surface area contributed by atoms with Crippen molar-refractivity contribution in [2.75, 3.05) is 31.6 Å². The Morgan fingerprint density at radius 2 is 2.21 bits per heavy atom. The number of anilines is 1. The van der Waals surface area contributed by atoms with Crippen LogP contribution in [0.2, 0.25) is 0 Å². The van der Waals surface area contributed by atoms with Crippen molar-refractivity contribution in [3.8, 4) is 0 Å². The average Bonchev–Trinajstić information content (AvgIpc) is 3.30. The summed E-state index contributed by atoms with van der Waals surface area (Å²) in [6, 6.07) is 3.27. The normalized spacial score (nSPS) is 17.2. The molecule has 0 bridgehead atoms. The number of rotatable bonds is 5. The second-order valence-corrected chi connectivity index (χ2v) is 8.95. The highest BCUT2D eigenvalue weighted by atomic mass is 127. The molecule has 1 saturated heterocycles. The molecule has 1 atom stereocenters. The quantitative estimate of drug-likeness (QED) is 0.350. The number of nitrogens with zero attached hydrogens (tertiary/aromatic N) is 4. The smallest absolute Gasteiger partial charge is 0.191 e. The van der Waals surface area contributed by atoms with E-state index in [2.05, 4.69) is 46.8 Å². The Balaban J connectivity index is 0.00000300. The van der Waals surface area contributed by atoms with Gasteiger partial charge >= 0.3 is 0 Å². The van der Waals surface area contributed by atoms with Crippen molar-refractivity contribution in [3.05, 3.63) is 40.2 Å². The fourth-order valence-electron chi connectivity index (χ4n) is 3.13. The van der Waals surface area contributed by atoms with Crippen molar-refractivity contribution in [3.63, 3.8) is 0 Å². The summed E-state index contributed by atoms with van der Waals surface area (Å²) >= 11 is 1.71. The molecule has 29 heavy (non-hydrogen) atoms. The van der Waals surface area contributed by atoms with Crippen LogP contribution in [0.1, 0.15) is 37.9 Å². The van der Waals surface area contributed by atoms with Gasteiger partial charge in [-0.3, -0.25) is 4.99 Å². The van der Waals surface area contributed by atoms with Crippen LogP contribution < -0.4 is 15.5 Å². The molecule has 1 aliphatic rings. The van der Waals surface area contributed by atoms with Crippen LogP contribution in [0.5, 0.6) is 0 Å². The molecule has 2 aromatic rings. The molecule has 0 saturated carbocycles. The largest absolute Gasteiger partial charge is 0.356 e. The van der Waals surface area contributed by atoms with Gasteiger partial charge in [-0.1, -0.05) is 20.8 Å². The van der Waals surface area contributed by atoms with Crippen LogP contribution >= 0.6 is 35.3 Å². The Hall–Kier alpha value is -1.49. The molecule has 3 heterocycles. The fourth-order valence-corrected chi connectivity index (χ4v) is 4.15. The molecule has 3 rings (SSSR count). The predicted molar refractivity (Wildman–Crippen MR) is 129 cm³/mol. The van der Waals surface area contributed by atoms with Crippen molar-refractivity contribution in [1.29, 1.82) is 0 Å². The van der Waals surface area contributed by atoms with E-state index in [4.69, 9.17) is 4.98 Å². The minimum Gasteiger partial charge on any atom is -0.356 e. The Labute approximate surface area is 193 Å². The van der Waals surface area contributed by atoms with Crippen molar-refractivity contribution in [1.82, 2.24) is 20.6 Å². The first-order chi connectivity index (χ1) is 13.4. The third-order valence-electron chi connectivity index (χ3n) is 4.74. The minimum absolute atomic E-state index is 0. The van der Waals surface area contributed by atoms with E-state index >= 15 is 0 Å². The van der Waals surface area contributed by atoms with Crippen molar-refractivity contribution >= 4 is 47.1 Å². The summed E-state index contributed by atoms with van der Waals surface area (Å²) in [5.74, 6) is 0.915. The summed E-state index contributed by atoms with van der Waals surface area (Å²) in [4.78, 5) is 15.2. The number of aliphatic imine (C=N–C) groups is 1. The predicted octanol–water partition coefficient (Wildman–Crippen LogP) is 3.58. The number of halogens is 2. The molecule has 1 unspecified atom stereocenters. The van der Waals surface area contributed by atoms with Crippen LogP contribution in [0.3, 0.4) is 0 Å². The number of nitrogens with one attached hydrogen (secondary N) is 2. The molecular weight excluding hydrogens is 502 g/mol. The molecule has 0 amide bonds. The number of aromatic nitrogens is 2. The third kappa shape index (κ3) is 6.50. The molecular formula is C20H30FIN6S. The van der Waals surface area contributed by atoms with E-state index < -0.39 is 0 Å². The van der Waals surface area contributed by atoms with Gasteiger partial charge in [0.15, 0.2) is 17.6 Å². The van der Waals surface area contributed by atoms with Gasteiger partial charge in [0.2, 0.25) is 0 Å². The first-order valence-electron chi connectivity index (χ1n) is 9.64. The lowest BCUT2D eigenvalue weighted by Gasteiger charge is -2.19. The molecule has 0 spiro atoms. The van der Waals surface area contributed by atoms with Gasteiger partial charge in [0, 0.05) is 56.1 Å². The molecule has 6 nitrogen and oxygen atoms in total. The Kier molecular flexibility index (Phi) is 8.62. The number of hydrogen-bond donors (Lipinski definition) is 2. The third-order valence-corrected chi connectivity index (χ3v) is 5.65. The zero-order valence-electron chi connectivity index (χ0n) is 17.4. The topological polar surface area (TPSA) is 65.4 Å². The second kappa shape index (κ2) is 10.5. The number of hydrogen-bond acceptors (Lipinski definition) is 5. The van der Waals surface area contributed by atoms with E-state index in [9.17, 15) is 4.39 Å². The zero-order valence-corrected chi connectivity index (χ0v) is 20.6. The summed E-state index contributed by atoms with van der Waals surface area (Å²) in [5, 5.41) is 10.1. The van der Waals surface area contributed by atoms with Crippen molar-refractivity contribution < 1.29 is 4.39 Å². The van der Waals surface area contributed by atoms with Gasteiger partial charge in [-0.25, -0.2) is 14.4 Å². The lowest BCUT2D eigenvalue weighted by atomic mass is 9.93. The number of thiazole rings is 1. The second-order valence-electron chi connectivity index (χ2n) is 8.01. The van der Waals surface area contributed by atoms with E-state index in [0.29, 0.717) is 12.4 Å². The van der Waals surface area contributed by atoms with Crippen LogP contribution in [0.4, 0.5) is 10.2 Å². The molecule has 2 N–H and O–H groups in total. The zero-order chi connectivity index (χ0) is 20.1. The maximum absolute atomic E-state index is 13.9. The standard InChI is InChI=1S/C20H29FN6S.HI/c1-20(2,3)16-13-28-17(26-16)7-10-24-19(22-4)25-14-8-11-27(12-14)18-15(21)6-5-9-23-18;/h5-6,9,13-14H,7-8,10-12H2,1-4H3,(H2,22,24,25);1H. The fraction of sp³-hybridized carbons (Fsp3) is 0.550. The highest BCUT2D eigenvalue weighted by molar-refractivity contribution is 14.0. The number of pyridine rings is 1. The summed E-state index contributed by atoms with van der Waals surface area (Å²) in [6.07, 6.45) is 3.40. The minimum atomic E-state index is -0.274. The maximum Gasteiger partial charge on any atom is 0.191 e. The van der Waals surface area contributed by atoms with Crippen LogP contribution in [-0.2, 0) is 11.8 Å². The first kappa shape index (κ1) is 23.8. The summed E-state index contributed by atoms with van der Waals surface area (Å²) < 4.78 is 13.9.